The third-order valence-electron chi connectivity index (χ3n) is 2.17. The lowest BCUT2D eigenvalue weighted by molar-refractivity contribution is -0.384. The Morgan fingerprint density at radius 2 is 2.05 bits per heavy atom. The maximum absolute atomic E-state index is 13.2. The van der Waals surface area contributed by atoms with Crippen molar-refractivity contribution in [2.45, 2.75) is 25.6 Å². The van der Waals surface area contributed by atoms with Crippen LogP contribution in [0.2, 0.25) is 5.02 Å². The molecule has 1 N–H and O–H groups in total. The normalized spacial score (nSPS) is 13.2. The fourth-order valence-corrected chi connectivity index (χ4v) is 1.62. The average molecular weight is 301 g/mol. The number of nitrogens with zero attached hydrogens (tertiary/aromatic N) is 1. The Morgan fingerprint density at radius 1 is 1.47 bits per heavy atom. The first-order chi connectivity index (χ1) is 8.60. The van der Waals surface area contributed by atoms with E-state index >= 15 is 0 Å². The Labute approximate surface area is 110 Å². The average Bonchev–Trinajstić information content (AvgIpc) is 2.19. The molecule has 19 heavy (non-hydrogen) atoms. The monoisotopic (exact) mass is 300 g/mol. The molecule has 0 aliphatic rings. The molecule has 0 spiro atoms. The summed E-state index contributed by atoms with van der Waals surface area (Å²) in [5, 5.41) is 12.5. The zero-order chi connectivity index (χ0) is 14.8. The predicted octanol–water partition coefficient (Wildman–Crippen LogP) is 4.14. The van der Waals surface area contributed by atoms with Crippen LogP contribution < -0.4 is 5.32 Å². The highest BCUT2D eigenvalue weighted by atomic mass is 35.5. The Bertz CT molecular complexity index is 493. The first-order valence-electron chi connectivity index (χ1n) is 5.07. The van der Waals surface area contributed by atoms with Gasteiger partial charge in [0.15, 0.2) is 0 Å². The molecule has 0 aliphatic heterocycles. The lowest BCUT2D eigenvalue weighted by atomic mass is 10.2. The van der Waals surface area contributed by atoms with Gasteiger partial charge in [-0.1, -0.05) is 11.6 Å². The third-order valence-corrected chi connectivity index (χ3v) is 2.46. The molecule has 1 aromatic rings. The molecule has 9 heteroatoms. The highest BCUT2D eigenvalue weighted by molar-refractivity contribution is 6.31. The molecule has 0 saturated carbocycles. The van der Waals surface area contributed by atoms with Crippen molar-refractivity contribution in [3.8, 4) is 0 Å². The van der Waals surface area contributed by atoms with E-state index in [4.69, 9.17) is 11.6 Å². The number of nitrogens with one attached hydrogen (secondary N) is 1. The second-order valence-electron chi connectivity index (χ2n) is 3.91. The SMILES string of the molecule is CC(CC(F)(F)F)Nc1cc(F)c(Cl)cc1[N+](=O)[O-]. The minimum Gasteiger partial charge on any atom is -0.377 e. The molecule has 1 aromatic carbocycles. The first kappa shape index (κ1) is 15.5. The molecule has 0 amide bonds. The highest BCUT2D eigenvalue weighted by Crippen LogP contribution is 2.32. The number of nitro groups is 1. The summed E-state index contributed by atoms with van der Waals surface area (Å²) in [6.45, 7) is 1.18. The number of nitro benzene ring substituents is 1. The topological polar surface area (TPSA) is 55.2 Å². The largest absolute Gasteiger partial charge is 0.391 e. The summed E-state index contributed by atoms with van der Waals surface area (Å²) in [5.74, 6) is -0.950. The minimum atomic E-state index is -4.42. The lowest BCUT2D eigenvalue weighted by Crippen LogP contribution is -2.24. The molecular weight excluding hydrogens is 292 g/mol. The van der Waals surface area contributed by atoms with E-state index < -0.39 is 40.1 Å². The molecule has 0 aliphatic carbocycles. The second-order valence-corrected chi connectivity index (χ2v) is 4.31. The van der Waals surface area contributed by atoms with Crippen molar-refractivity contribution in [2.75, 3.05) is 5.32 Å². The van der Waals surface area contributed by atoms with Crippen molar-refractivity contribution < 1.29 is 22.5 Å². The number of alkyl halides is 3. The van der Waals surface area contributed by atoms with Crippen LogP contribution in [0.25, 0.3) is 0 Å². The van der Waals surface area contributed by atoms with Gasteiger partial charge in [-0.05, 0) is 6.92 Å². The number of benzene rings is 1. The van der Waals surface area contributed by atoms with Gasteiger partial charge in [0.25, 0.3) is 5.69 Å². The Kier molecular flexibility index (Phi) is 4.56. The standard InChI is InChI=1S/C10H9ClF4N2O2/c1-5(4-10(13,14)15)16-8-3-7(12)6(11)2-9(8)17(18)19/h2-3,5,16H,4H2,1H3. The van der Waals surface area contributed by atoms with E-state index in [0.717, 1.165) is 6.07 Å². The van der Waals surface area contributed by atoms with Crippen LogP contribution in [-0.2, 0) is 0 Å². The summed E-state index contributed by atoms with van der Waals surface area (Å²) in [4.78, 5) is 9.86. The summed E-state index contributed by atoms with van der Waals surface area (Å²) in [5.41, 5.74) is -0.927. The quantitative estimate of drug-likeness (QED) is 0.516. The number of halogens is 5. The Morgan fingerprint density at radius 3 is 2.53 bits per heavy atom. The fourth-order valence-electron chi connectivity index (χ4n) is 1.47. The van der Waals surface area contributed by atoms with E-state index in [1.807, 2.05) is 0 Å². The van der Waals surface area contributed by atoms with Crippen molar-refractivity contribution >= 4 is 23.0 Å². The van der Waals surface area contributed by atoms with Gasteiger partial charge in [0.05, 0.1) is 16.4 Å². The number of hydrogen-bond acceptors (Lipinski definition) is 3. The summed E-state index contributed by atoms with van der Waals surface area (Å²) in [7, 11) is 0. The minimum absolute atomic E-state index is 0.344. The number of anilines is 1. The summed E-state index contributed by atoms with van der Waals surface area (Å²) >= 11 is 5.39. The van der Waals surface area contributed by atoms with Gasteiger partial charge in [0, 0.05) is 18.2 Å². The van der Waals surface area contributed by atoms with Crippen LogP contribution in [0.15, 0.2) is 12.1 Å². The van der Waals surface area contributed by atoms with E-state index in [-0.39, 0.29) is 5.69 Å². The zero-order valence-electron chi connectivity index (χ0n) is 9.59. The molecule has 0 heterocycles. The number of rotatable bonds is 4. The smallest absolute Gasteiger partial charge is 0.377 e. The van der Waals surface area contributed by atoms with Crippen molar-refractivity contribution in [2.24, 2.45) is 0 Å². The van der Waals surface area contributed by atoms with Gasteiger partial charge < -0.3 is 5.32 Å². The molecule has 0 saturated heterocycles. The fraction of sp³-hybridized carbons (Fsp3) is 0.400. The second kappa shape index (κ2) is 5.60. The molecule has 0 bridgehead atoms. The maximum atomic E-state index is 13.2. The van der Waals surface area contributed by atoms with E-state index in [2.05, 4.69) is 5.32 Å². The zero-order valence-corrected chi connectivity index (χ0v) is 10.3. The third kappa shape index (κ3) is 4.55. The lowest BCUT2D eigenvalue weighted by Gasteiger charge is -2.17. The van der Waals surface area contributed by atoms with Gasteiger partial charge in [-0.25, -0.2) is 4.39 Å². The molecule has 1 atom stereocenters. The van der Waals surface area contributed by atoms with Crippen LogP contribution in [0.5, 0.6) is 0 Å². The van der Waals surface area contributed by atoms with Crippen LogP contribution in [0.3, 0.4) is 0 Å². The molecule has 1 rings (SSSR count). The van der Waals surface area contributed by atoms with E-state index in [1.165, 1.54) is 6.92 Å². The van der Waals surface area contributed by atoms with Gasteiger partial charge in [-0.3, -0.25) is 10.1 Å². The van der Waals surface area contributed by atoms with Gasteiger partial charge in [0.1, 0.15) is 11.5 Å². The number of hydrogen-bond donors (Lipinski definition) is 1. The van der Waals surface area contributed by atoms with Crippen molar-refractivity contribution in [3.63, 3.8) is 0 Å². The molecular formula is C10H9ClF4N2O2. The summed E-state index contributed by atoms with van der Waals surface area (Å²) in [6.07, 6.45) is -5.62. The van der Waals surface area contributed by atoms with Gasteiger partial charge >= 0.3 is 6.18 Å². The van der Waals surface area contributed by atoms with Gasteiger partial charge in [-0.2, -0.15) is 13.2 Å². The van der Waals surface area contributed by atoms with Crippen molar-refractivity contribution in [1.82, 2.24) is 0 Å². The molecule has 4 nitrogen and oxygen atoms in total. The Balaban J connectivity index is 3.00. The van der Waals surface area contributed by atoms with Crippen molar-refractivity contribution in [1.29, 1.82) is 0 Å². The van der Waals surface area contributed by atoms with Crippen LogP contribution in [-0.4, -0.2) is 17.1 Å². The summed E-state index contributed by atoms with van der Waals surface area (Å²) in [6, 6.07) is 0.312. The molecule has 0 fully saturated rings. The molecule has 0 radical (unpaired) electrons. The van der Waals surface area contributed by atoms with E-state index in [0.29, 0.717) is 6.07 Å². The van der Waals surface area contributed by atoms with Gasteiger partial charge in [0.2, 0.25) is 0 Å². The Hall–Kier alpha value is -1.57. The predicted molar refractivity (Wildman–Crippen MR) is 61.8 cm³/mol. The van der Waals surface area contributed by atoms with Crippen molar-refractivity contribution in [3.05, 3.63) is 33.1 Å². The summed E-state index contributed by atoms with van der Waals surface area (Å²) < 4.78 is 49.6. The highest BCUT2D eigenvalue weighted by Gasteiger charge is 2.31. The molecule has 0 aromatic heterocycles. The van der Waals surface area contributed by atoms with Gasteiger partial charge in [-0.15, -0.1) is 0 Å². The van der Waals surface area contributed by atoms with Crippen LogP contribution in [0, 0.1) is 15.9 Å². The maximum Gasteiger partial charge on any atom is 0.391 e. The van der Waals surface area contributed by atoms with E-state index in [1.54, 1.807) is 0 Å². The first-order valence-corrected chi connectivity index (χ1v) is 5.44. The van der Waals surface area contributed by atoms with Crippen LogP contribution in [0.1, 0.15) is 13.3 Å². The molecule has 106 valence electrons. The van der Waals surface area contributed by atoms with Crippen LogP contribution >= 0.6 is 11.6 Å². The molecule has 1 unspecified atom stereocenters. The van der Waals surface area contributed by atoms with Crippen LogP contribution in [0.4, 0.5) is 28.9 Å². The van der Waals surface area contributed by atoms with E-state index in [9.17, 15) is 27.7 Å².